The summed E-state index contributed by atoms with van der Waals surface area (Å²) in [5.74, 6) is -0.708. The van der Waals surface area contributed by atoms with Gasteiger partial charge in [0.15, 0.2) is 6.29 Å². The number of imide groups is 1. The van der Waals surface area contributed by atoms with Gasteiger partial charge in [0, 0.05) is 30.7 Å². The summed E-state index contributed by atoms with van der Waals surface area (Å²) in [5.41, 5.74) is 0.529. The highest BCUT2D eigenvalue weighted by Gasteiger charge is 2.21. The van der Waals surface area contributed by atoms with Crippen molar-refractivity contribution in [2.45, 2.75) is 32.7 Å². The number of nitrogens with one attached hydrogen (secondary N) is 1. The molecular formula is C16H22N2O4. The molecule has 0 spiro atoms. The highest BCUT2D eigenvalue weighted by atomic mass is 16.2. The Labute approximate surface area is 130 Å². The third-order valence-corrected chi connectivity index (χ3v) is 3.25. The highest BCUT2D eigenvalue weighted by molar-refractivity contribution is 6.05. The number of amides is 3. The van der Waals surface area contributed by atoms with Gasteiger partial charge in [-0.15, -0.1) is 0 Å². The van der Waals surface area contributed by atoms with Crippen LogP contribution in [0.3, 0.4) is 0 Å². The van der Waals surface area contributed by atoms with Crippen LogP contribution < -0.4 is 5.32 Å². The molecular weight excluding hydrogens is 284 g/mol. The quantitative estimate of drug-likeness (QED) is 0.393. The van der Waals surface area contributed by atoms with Gasteiger partial charge in [0.2, 0.25) is 12.3 Å². The van der Waals surface area contributed by atoms with E-state index >= 15 is 0 Å². The van der Waals surface area contributed by atoms with Crippen LogP contribution in [0.5, 0.6) is 0 Å². The predicted molar refractivity (Wildman–Crippen MR) is 83.8 cm³/mol. The minimum atomic E-state index is -0.394. The number of hydrogen-bond acceptors (Lipinski definition) is 4. The summed E-state index contributed by atoms with van der Waals surface area (Å²) in [6, 6.07) is -0.225. The Morgan fingerprint density at radius 1 is 1.32 bits per heavy atom. The lowest BCUT2D eigenvalue weighted by Crippen LogP contribution is -2.37. The molecule has 0 saturated heterocycles. The molecule has 0 fully saturated rings. The summed E-state index contributed by atoms with van der Waals surface area (Å²) in [5, 5.41) is 2.05. The molecule has 1 unspecified atom stereocenters. The Balaban J connectivity index is 4.91. The average molecular weight is 306 g/mol. The average Bonchev–Trinajstić information content (AvgIpc) is 2.51. The van der Waals surface area contributed by atoms with Crippen LogP contribution in [0.4, 0.5) is 0 Å². The van der Waals surface area contributed by atoms with Gasteiger partial charge in [0.25, 0.3) is 5.91 Å². The Hall–Kier alpha value is -2.50. The third kappa shape index (κ3) is 5.87. The van der Waals surface area contributed by atoms with Crippen LogP contribution in [-0.4, -0.2) is 42.5 Å². The van der Waals surface area contributed by atoms with Crippen LogP contribution in [0.1, 0.15) is 26.7 Å². The molecule has 0 aromatic heterocycles. The van der Waals surface area contributed by atoms with Gasteiger partial charge < -0.3 is 4.90 Å². The third-order valence-electron chi connectivity index (χ3n) is 3.25. The fraction of sp³-hybridized carbons (Fsp3) is 0.375. The zero-order valence-electron chi connectivity index (χ0n) is 13.2. The van der Waals surface area contributed by atoms with Crippen LogP contribution in [0.15, 0.2) is 36.0 Å². The molecule has 0 aliphatic rings. The van der Waals surface area contributed by atoms with E-state index in [0.717, 1.165) is 0 Å². The first-order chi connectivity index (χ1) is 10.4. The van der Waals surface area contributed by atoms with E-state index in [1.54, 1.807) is 27.0 Å². The fourth-order valence-electron chi connectivity index (χ4n) is 1.79. The number of carbonyl (C=O) groups excluding carboxylic acids is 4. The van der Waals surface area contributed by atoms with E-state index in [1.165, 1.54) is 17.1 Å². The Bertz CT molecular complexity index is 506. The molecule has 1 atom stereocenters. The van der Waals surface area contributed by atoms with Crippen LogP contribution in [-0.2, 0) is 19.2 Å². The first kappa shape index (κ1) is 19.5. The normalized spacial score (nSPS) is 13.0. The molecule has 6 heteroatoms. The van der Waals surface area contributed by atoms with E-state index in [2.05, 4.69) is 6.58 Å². The van der Waals surface area contributed by atoms with Crippen molar-refractivity contribution < 1.29 is 19.2 Å². The summed E-state index contributed by atoms with van der Waals surface area (Å²) in [4.78, 5) is 46.4. The van der Waals surface area contributed by atoms with Crippen LogP contribution in [0.25, 0.3) is 0 Å². The number of aldehydes is 1. The molecule has 3 amide bonds. The second kappa shape index (κ2) is 10.3. The number of rotatable bonds is 9. The van der Waals surface area contributed by atoms with E-state index in [0.29, 0.717) is 19.1 Å². The van der Waals surface area contributed by atoms with Crippen molar-refractivity contribution in [1.82, 2.24) is 10.2 Å². The summed E-state index contributed by atoms with van der Waals surface area (Å²) in [7, 11) is 1.60. The Morgan fingerprint density at radius 2 is 1.95 bits per heavy atom. The first-order valence-electron chi connectivity index (χ1n) is 6.87. The molecule has 6 nitrogen and oxygen atoms in total. The van der Waals surface area contributed by atoms with Crippen molar-refractivity contribution in [2.24, 2.45) is 0 Å². The van der Waals surface area contributed by atoms with Gasteiger partial charge >= 0.3 is 0 Å². The van der Waals surface area contributed by atoms with Gasteiger partial charge in [-0.25, -0.2) is 0 Å². The van der Waals surface area contributed by atoms with Crippen molar-refractivity contribution >= 4 is 24.5 Å². The topological polar surface area (TPSA) is 83.6 Å². The number of likely N-dealkylation sites (N-methyl/N-ethyl adjacent to an activating group) is 1. The monoisotopic (exact) mass is 306 g/mol. The largest absolute Gasteiger partial charge is 0.339 e. The molecule has 0 rings (SSSR count). The van der Waals surface area contributed by atoms with Crippen molar-refractivity contribution in [3.8, 4) is 0 Å². The lowest BCUT2D eigenvalue weighted by atomic mass is 10.0. The summed E-state index contributed by atoms with van der Waals surface area (Å²) in [6.45, 7) is 6.97. The minimum Gasteiger partial charge on any atom is -0.339 e. The lowest BCUT2D eigenvalue weighted by Gasteiger charge is -2.26. The summed E-state index contributed by atoms with van der Waals surface area (Å²) in [6.07, 6.45) is 5.94. The molecule has 0 aromatic carbocycles. The molecule has 0 heterocycles. The van der Waals surface area contributed by atoms with Gasteiger partial charge in [0.1, 0.15) is 0 Å². The Morgan fingerprint density at radius 3 is 2.41 bits per heavy atom. The number of nitrogens with zero attached hydrogens (tertiary/aromatic N) is 1. The standard InChI is InChI=1S/C16H22N2O4/c1-5-7-13(10-19)14(6-2)16(22)18(4)12(3)8-9-15(21)17-11-20/h5-7,10-12H,1,8-9H2,2-4H3,(H,17,20,21)/b13-7-,14-6+. The molecule has 0 aliphatic heterocycles. The van der Waals surface area contributed by atoms with Crippen LogP contribution >= 0.6 is 0 Å². The van der Waals surface area contributed by atoms with Crippen molar-refractivity contribution in [3.63, 3.8) is 0 Å². The number of hydrogen-bond donors (Lipinski definition) is 1. The zero-order valence-corrected chi connectivity index (χ0v) is 13.2. The maximum absolute atomic E-state index is 12.4. The fourth-order valence-corrected chi connectivity index (χ4v) is 1.79. The SMILES string of the molecule is C=C/C=C(C=O)\C(=C/C)C(=O)N(C)C(C)CCC(=O)NC=O. The van der Waals surface area contributed by atoms with Crippen molar-refractivity contribution in [2.75, 3.05) is 7.05 Å². The minimum absolute atomic E-state index is 0.131. The maximum atomic E-state index is 12.4. The van der Waals surface area contributed by atoms with Crippen molar-refractivity contribution in [1.29, 1.82) is 0 Å². The molecule has 0 bridgehead atoms. The van der Waals surface area contributed by atoms with E-state index in [4.69, 9.17) is 0 Å². The van der Waals surface area contributed by atoms with E-state index in [1.807, 2.05) is 5.32 Å². The van der Waals surface area contributed by atoms with Gasteiger partial charge in [-0.05, 0) is 20.3 Å². The molecule has 22 heavy (non-hydrogen) atoms. The van der Waals surface area contributed by atoms with Gasteiger partial charge in [-0.1, -0.05) is 24.8 Å². The van der Waals surface area contributed by atoms with Gasteiger partial charge in [-0.3, -0.25) is 24.5 Å². The smallest absolute Gasteiger partial charge is 0.254 e. The second-order valence-corrected chi connectivity index (χ2v) is 4.67. The number of allylic oxidation sites excluding steroid dienone is 3. The van der Waals surface area contributed by atoms with E-state index in [9.17, 15) is 19.2 Å². The maximum Gasteiger partial charge on any atom is 0.254 e. The number of carbonyl (C=O) groups is 4. The zero-order chi connectivity index (χ0) is 17.1. The molecule has 0 aromatic rings. The van der Waals surface area contributed by atoms with Crippen molar-refractivity contribution in [3.05, 3.63) is 36.0 Å². The first-order valence-corrected chi connectivity index (χ1v) is 6.87. The van der Waals surface area contributed by atoms with Crippen LogP contribution in [0, 0.1) is 0 Å². The highest BCUT2D eigenvalue weighted by Crippen LogP contribution is 2.15. The van der Waals surface area contributed by atoms with Gasteiger partial charge in [0.05, 0.1) is 0 Å². The van der Waals surface area contributed by atoms with Crippen LogP contribution in [0.2, 0.25) is 0 Å². The molecule has 0 saturated carbocycles. The summed E-state index contributed by atoms with van der Waals surface area (Å²) >= 11 is 0. The predicted octanol–water partition coefficient (Wildman–Crippen LogP) is 1.14. The molecule has 1 N–H and O–H groups in total. The van der Waals surface area contributed by atoms with Gasteiger partial charge in [-0.2, -0.15) is 0 Å². The Kier molecular flexibility index (Phi) is 9.09. The molecule has 0 radical (unpaired) electrons. The van der Waals surface area contributed by atoms with E-state index < -0.39 is 5.91 Å². The second-order valence-electron chi connectivity index (χ2n) is 4.67. The molecule has 120 valence electrons. The summed E-state index contributed by atoms with van der Waals surface area (Å²) < 4.78 is 0. The molecule has 0 aliphatic carbocycles. The van der Waals surface area contributed by atoms with E-state index in [-0.39, 0.29) is 29.5 Å². The lowest BCUT2D eigenvalue weighted by molar-refractivity contribution is -0.129.